The number of hydrogen-bond donors (Lipinski definition) is 0. The van der Waals surface area contributed by atoms with Gasteiger partial charge in [-0.15, -0.1) is 0 Å². The number of para-hydroxylation sites is 2. The molecule has 194 valence electrons. The van der Waals surface area contributed by atoms with Crippen LogP contribution in [0.2, 0.25) is 0 Å². The van der Waals surface area contributed by atoms with Crippen LogP contribution in [0.25, 0.3) is 88.3 Å². The lowest BCUT2D eigenvalue weighted by Gasteiger charge is -2.15. The minimum atomic E-state index is 0.897. The van der Waals surface area contributed by atoms with E-state index < -0.39 is 0 Å². The zero-order chi connectivity index (χ0) is 27.4. The predicted octanol–water partition coefficient (Wildman–Crippen LogP) is 8.26. The molecule has 0 saturated carbocycles. The number of benzene rings is 4. The SMILES string of the molecule is c1ccc2c(c1)c1ccncc1n2-c1ccc2ccc(-n3c4ccccc4c4ccncc43)c3c2c1-c1nccnc1-3. The summed E-state index contributed by atoms with van der Waals surface area (Å²) < 4.78 is 4.66. The molecule has 9 aromatic rings. The van der Waals surface area contributed by atoms with Gasteiger partial charge in [0.25, 0.3) is 0 Å². The molecule has 10 rings (SSSR count). The van der Waals surface area contributed by atoms with Gasteiger partial charge in [-0.25, -0.2) is 0 Å². The van der Waals surface area contributed by atoms with E-state index in [1.807, 2.05) is 24.8 Å². The minimum Gasteiger partial charge on any atom is -0.307 e. The van der Waals surface area contributed by atoms with Crippen LogP contribution in [-0.2, 0) is 0 Å². The van der Waals surface area contributed by atoms with Crippen molar-refractivity contribution in [2.75, 3.05) is 0 Å². The van der Waals surface area contributed by atoms with Crippen LogP contribution in [0.15, 0.2) is 122 Å². The van der Waals surface area contributed by atoms with E-state index in [1.165, 1.54) is 21.5 Å². The number of aromatic nitrogens is 6. The van der Waals surface area contributed by atoms with Crippen molar-refractivity contribution >= 4 is 54.4 Å². The standard InChI is InChI=1S/C36H20N6/c1-3-7-26-22(5-1)24-13-15-37-19-30(24)41(26)28-11-9-21-10-12-29(34-32(21)33(28)35-36(34)40-18-17-39-35)42-27-8-4-2-6-23(27)25-14-16-38-20-31(25)42/h1-20H. The Morgan fingerprint density at radius 1 is 0.429 bits per heavy atom. The second-order valence-corrected chi connectivity index (χ2v) is 10.8. The Kier molecular flexibility index (Phi) is 4.10. The summed E-state index contributed by atoms with van der Waals surface area (Å²) >= 11 is 0. The van der Waals surface area contributed by atoms with Crippen LogP contribution in [0.4, 0.5) is 0 Å². The molecule has 0 fully saturated rings. The highest BCUT2D eigenvalue weighted by Crippen LogP contribution is 2.52. The van der Waals surface area contributed by atoms with Crippen molar-refractivity contribution in [3.8, 4) is 33.9 Å². The highest BCUT2D eigenvalue weighted by atomic mass is 15.0. The van der Waals surface area contributed by atoms with Crippen LogP contribution >= 0.6 is 0 Å². The van der Waals surface area contributed by atoms with E-state index in [9.17, 15) is 0 Å². The second-order valence-electron chi connectivity index (χ2n) is 10.8. The smallest absolute Gasteiger partial charge is 0.0993 e. The number of rotatable bonds is 2. The number of hydrogen-bond acceptors (Lipinski definition) is 4. The third-order valence-corrected chi connectivity index (χ3v) is 8.75. The van der Waals surface area contributed by atoms with Crippen LogP contribution in [-0.4, -0.2) is 29.1 Å². The summed E-state index contributed by atoms with van der Waals surface area (Å²) in [5, 5.41) is 7.08. The van der Waals surface area contributed by atoms with Gasteiger partial charge in [-0.05, 0) is 41.8 Å². The minimum absolute atomic E-state index is 0.897. The highest BCUT2D eigenvalue weighted by molar-refractivity contribution is 6.20. The zero-order valence-electron chi connectivity index (χ0n) is 22.2. The molecule has 6 nitrogen and oxygen atoms in total. The third kappa shape index (κ3) is 2.64. The van der Waals surface area contributed by atoms with Gasteiger partial charge in [0.2, 0.25) is 0 Å². The molecule has 0 bridgehead atoms. The number of fused-ring (bicyclic) bond motifs is 9. The van der Waals surface area contributed by atoms with Crippen molar-refractivity contribution in [3.05, 3.63) is 122 Å². The highest BCUT2D eigenvalue weighted by Gasteiger charge is 2.31. The molecular formula is C36H20N6. The first-order valence-corrected chi connectivity index (χ1v) is 14.0. The van der Waals surface area contributed by atoms with Gasteiger partial charge in [-0.1, -0.05) is 48.5 Å². The third-order valence-electron chi connectivity index (χ3n) is 8.75. The zero-order valence-corrected chi connectivity index (χ0v) is 22.2. The normalized spacial score (nSPS) is 12.3. The maximum atomic E-state index is 4.96. The maximum absolute atomic E-state index is 4.96. The summed E-state index contributed by atoms with van der Waals surface area (Å²) in [5.74, 6) is 0. The van der Waals surface area contributed by atoms with Crippen LogP contribution in [0.3, 0.4) is 0 Å². The fourth-order valence-corrected chi connectivity index (χ4v) is 7.11. The number of pyridine rings is 2. The van der Waals surface area contributed by atoms with Gasteiger partial charge in [-0.3, -0.25) is 19.9 Å². The van der Waals surface area contributed by atoms with Crippen LogP contribution < -0.4 is 0 Å². The van der Waals surface area contributed by atoms with Crippen molar-refractivity contribution in [1.29, 1.82) is 0 Å². The largest absolute Gasteiger partial charge is 0.307 e. The van der Waals surface area contributed by atoms with E-state index >= 15 is 0 Å². The van der Waals surface area contributed by atoms with E-state index in [2.05, 4.69) is 104 Å². The second kappa shape index (κ2) is 7.86. The Bertz CT molecular complexity index is 2310. The molecule has 1 aliphatic carbocycles. The summed E-state index contributed by atoms with van der Waals surface area (Å²) in [5.41, 5.74) is 10.5. The monoisotopic (exact) mass is 536 g/mol. The molecule has 0 spiro atoms. The van der Waals surface area contributed by atoms with Crippen molar-refractivity contribution < 1.29 is 0 Å². The molecule has 0 atom stereocenters. The Hall–Kier alpha value is -5.88. The lowest BCUT2D eigenvalue weighted by molar-refractivity contribution is 1.16. The molecule has 0 amide bonds. The molecule has 4 aromatic carbocycles. The Labute approximate surface area is 239 Å². The summed E-state index contributed by atoms with van der Waals surface area (Å²) in [7, 11) is 0. The summed E-state index contributed by atoms with van der Waals surface area (Å²) in [6.45, 7) is 0. The predicted molar refractivity (Wildman–Crippen MR) is 168 cm³/mol. The van der Waals surface area contributed by atoms with Crippen molar-refractivity contribution in [2.24, 2.45) is 0 Å². The van der Waals surface area contributed by atoms with E-state index in [0.29, 0.717) is 0 Å². The molecule has 0 unspecified atom stereocenters. The Morgan fingerprint density at radius 3 is 1.43 bits per heavy atom. The first-order chi connectivity index (χ1) is 20.9. The van der Waals surface area contributed by atoms with Gasteiger partial charge >= 0.3 is 0 Å². The van der Waals surface area contributed by atoms with Crippen molar-refractivity contribution in [1.82, 2.24) is 29.1 Å². The molecule has 5 aromatic heterocycles. The average Bonchev–Trinajstić information content (AvgIpc) is 3.70. The lowest BCUT2D eigenvalue weighted by Crippen LogP contribution is -1.98. The van der Waals surface area contributed by atoms with Gasteiger partial charge < -0.3 is 9.13 Å². The van der Waals surface area contributed by atoms with E-state index in [1.54, 1.807) is 12.4 Å². The summed E-state index contributed by atoms with van der Waals surface area (Å²) in [6, 6.07) is 30.2. The lowest BCUT2D eigenvalue weighted by atomic mass is 10.0. The first kappa shape index (κ1) is 21.9. The molecule has 0 radical (unpaired) electrons. The van der Waals surface area contributed by atoms with Gasteiger partial charge in [-0.2, -0.15) is 0 Å². The Balaban J connectivity index is 1.39. The summed E-state index contributed by atoms with van der Waals surface area (Å²) in [6.07, 6.45) is 11.2. The van der Waals surface area contributed by atoms with Crippen LogP contribution in [0.1, 0.15) is 0 Å². The fourth-order valence-electron chi connectivity index (χ4n) is 7.11. The molecule has 42 heavy (non-hydrogen) atoms. The van der Waals surface area contributed by atoms with Gasteiger partial charge in [0.15, 0.2) is 0 Å². The van der Waals surface area contributed by atoms with Gasteiger partial charge in [0.05, 0.1) is 57.2 Å². The molecule has 1 aliphatic rings. The average molecular weight is 537 g/mol. The van der Waals surface area contributed by atoms with Gasteiger partial charge in [0.1, 0.15) is 0 Å². The number of nitrogens with zero attached hydrogens (tertiary/aromatic N) is 6. The van der Waals surface area contributed by atoms with E-state index in [0.717, 1.165) is 66.7 Å². The van der Waals surface area contributed by atoms with E-state index in [-0.39, 0.29) is 0 Å². The molecule has 0 aliphatic heterocycles. The molecule has 0 saturated heterocycles. The molecule has 5 heterocycles. The van der Waals surface area contributed by atoms with Crippen LogP contribution in [0, 0.1) is 0 Å². The Morgan fingerprint density at radius 2 is 0.905 bits per heavy atom. The van der Waals surface area contributed by atoms with Crippen LogP contribution in [0.5, 0.6) is 0 Å². The summed E-state index contributed by atoms with van der Waals surface area (Å²) in [4.78, 5) is 19.0. The topological polar surface area (TPSA) is 61.4 Å². The molecule has 6 heteroatoms. The molecular weight excluding hydrogens is 516 g/mol. The first-order valence-electron chi connectivity index (χ1n) is 14.0. The quantitative estimate of drug-likeness (QED) is 0.223. The fraction of sp³-hybridized carbons (Fsp3) is 0. The molecule has 0 N–H and O–H groups in total. The van der Waals surface area contributed by atoms with Crippen molar-refractivity contribution in [2.45, 2.75) is 0 Å². The van der Waals surface area contributed by atoms with E-state index in [4.69, 9.17) is 9.97 Å². The maximum Gasteiger partial charge on any atom is 0.0993 e. The van der Waals surface area contributed by atoms with Gasteiger partial charge in [0, 0.05) is 62.8 Å². The van der Waals surface area contributed by atoms with Crippen molar-refractivity contribution in [3.63, 3.8) is 0 Å².